The highest BCUT2D eigenvalue weighted by molar-refractivity contribution is 4.71. The lowest BCUT2D eigenvalue weighted by Crippen LogP contribution is -2.34. The van der Waals surface area contributed by atoms with E-state index in [1.807, 2.05) is 0 Å². The molecule has 4 heteroatoms. The fourth-order valence-electron chi connectivity index (χ4n) is 2.99. The van der Waals surface area contributed by atoms with Crippen molar-refractivity contribution in [1.29, 1.82) is 0 Å². The van der Waals surface area contributed by atoms with Crippen LogP contribution in [0.4, 0.5) is 0 Å². The van der Waals surface area contributed by atoms with Crippen molar-refractivity contribution in [2.45, 2.75) is 58.7 Å². The molecule has 0 amide bonds. The summed E-state index contributed by atoms with van der Waals surface area (Å²) < 4.78 is 5.68. The summed E-state index contributed by atoms with van der Waals surface area (Å²) in [5.41, 5.74) is 0. The summed E-state index contributed by atoms with van der Waals surface area (Å²) >= 11 is 0. The van der Waals surface area contributed by atoms with Crippen LogP contribution >= 0.6 is 0 Å². The van der Waals surface area contributed by atoms with Crippen LogP contribution in [0.15, 0.2) is 0 Å². The van der Waals surface area contributed by atoms with Crippen LogP contribution in [0.5, 0.6) is 0 Å². The van der Waals surface area contributed by atoms with Gasteiger partial charge in [-0.2, -0.15) is 0 Å². The lowest BCUT2D eigenvalue weighted by atomic mass is 9.94. The minimum Gasteiger partial charge on any atom is -0.389 e. The van der Waals surface area contributed by atoms with E-state index in [0.29, 0.717) is 19.1 Å². The first kappa shape index (κ1) is 18.9. The van der Waals surface area contributed by atoms with Crippen LogP contribution in [0.3, 0.4) is 0 Å². The average molecular weight is 300 g/mol. The number of piperidine rings is 1. The van der Waals surface area contributed by atoms with Crippen LogP contribution in [0.25, 0.3) is 0 Å². The van der Waals surface area contributed by atoms with Gasteiger partial charge in [-0.3, -0.25) is 0 Å². The Morgan fingerprint density at radius 1 is 1.24 bits per heavy atom. The molecular weight excluding hydrogens is 264 g/mol. The Balaban J connectivity index is 1.97. The first-order valence-corrected chi connectivity index (χ1v) is 8.66. The number of nitrogens with one attached hydrogen (secondary N) is 1. The zero-order valence-electron chi connectivity index (χ0n) is 14.5. The van der Waals surface area contributed by atoms with Gasteiger partial charge in [0.1, 0.15) is 0 Å². The molecule has 0 aromatic heterocycles. The molecule has 126 valence electrons. The highest BCUT2D eigenvalue weighted by Crippen LogP contribution is 2.18. The number of aliphatic hydroxyl groups excluding tert-OH is 1. The molecular formula is C17H36N2O2. The van der Waals surface area contributed by atoms with Crippen LogP contribution < -0.4 is 5.32 Å². The van der Waals surface area contributed by atoms with Crippen molar-refractivity contribution >= 4 is 0 Å². The molecule has 0 aromatic rings. The highest BCUT2D eigenvalue weighted by Gasteiger charge is 2.16. The molecule has 1 aliphatic rings. The SMILES string of the molecule is CC(C)CC(C)OCC(O)CNCCC1CCN(C)CC1. The Bertz CT molecular complexity index is 253. The Morgan fingerprint density at radius 2 is 1.90 bits per heavy atom. The van der Waals surface area contributed by atoms with Gasteiger partial charge < -0.3 is 20.1 Å². The summed E-state index contributed by atoms with van der Waals surface area (Å²) in [5, 5.41) is 13.3. The summed E-state index contributed by atoms with van der Waals surface area (Å²) in [7, 11) is 2.20. The van der Waals surface area contributed by atoms with E-state index in [1.165, 1.54) is 32.4 Å². The van der Waals surface area contributed by atoms with Gasteiger partial charge in [-0.05, 0) is 71.1 Å². The fraction of sp³-hybridized carbons (Fsp3) is 1.00. The Hall–Kier alpha value is -0.160. The van der Waals surface area contributed by atoms with E-state index in [9.17, 15) is 5.11 Å². The second kappa shape index (κ2) is 10.5. The van der Waals surface area contributed by atoms with Crippen molar-refractivity contribution < 1.29 is 9.84 Å². The van der Waals surface area contributed by atoms with Crippen molar-refractivity contribution in [3.05, 3.63) is 0 Å². The summed E-state index contributed by atoms with van der Waals surface area (Å²) in [6, 6.07) is 0. The molecule has 0 bridgehead atoms. The molecule has 1 rings (SSSR count). The standard InChI is InChI=1S/C17H36N2O2/c1-14(2)11-15(3)21-13-17(20)12-18-8-5-16-6-9-19(4)10-7-16/h14-18,20H,5-13H2,1-4H3. The second-order valence-corrected chi connectivity index (χ2v) is 7.17. The van der Waals surface area contributed by atoms with Crippen LogP contribution in [-0.4, -0.2) is 62.0 Å². The maximum atomic E-state index is 9.91. The van der Waals surface area contributed by atoms with Gasteiger partial charge in [0.2, 0.25) is 0 Å². The number of rotatable bonds is 10. The zero-order valence-corrected chi connectivity index (χ0v) is 14.5. The topological polar surface area (TPSA) is 44.7 Å². The van der Waals surface area contributed by atoms with Crippen LogP contribution in [0.2, 0.25) is 0 Å². The van der Waals surface area contributed by atoms with Gasteiger partial charge in [0.25, 0.3) is 0 Å². The van der Waals surface area contributed by atoms with Gasteiger partial charge in [-0.15, -0.1) is 0 Å². The highest BCUT2D eigenvalue weighted by atomic mass is 16.5. The van der Waals surface area contributed by atoms with Crippen LogP contribution in [0, 0.1) is 11.8 Å². The summed E-state index contributed by atoms with van der Waals surface area (Å²) in [4.78, 5) is 2.41. The molecule has 0 saturated carbocycles. The number of likely N-dealkylation sites (tertiary alicyclic amines) is 1. The average Bonchev–Trinajstić information content (AvgIpc) is 2.42. The second-order valence-electron chi connectivity index (χ2n) is 7.17. The van der Waals surface area contributed by atoms with E-state index in [-0.39, 0.29) is 6.10 Å². The van der Waals surface area contributed by atoms with Crippen molar-refractivity contribution in [2.24, 2.45) is 11.8 Å². The maximum absolute atomic E-state index is 9.91. The van der Waals surface area contributed by atoms with E-state index < -0.39 is 6.10 Å². The van der Waals surface area contributed by atoms with E-state index >= 15 is 0 Å². The van der Waals surface area contributed by atoms with E-state index in [4.69, 9.17) is 4.74 Å². The molecule has 2 unspecified atom stereocenters. The fourth-order valence-corrected chi connectivity index (χ4v) is 2.99. The van der Waals surface area contributed by atoms with Crippen molar-refractivity contribution in [2.75, 3.05) is 39.8 Å². The summed E-state index contributed by atoms with van der Waals surface area (Å²) in [5.74, 6) is 1.50. The molecule has 2 N–H and O–H groups in total. The molecule has 1 saturated heterocycles. The monoisotopic (exact) mass is 300 g/mol. The first-order valence-electron chi connectivity index (χ1n) is 8.66. The largest absolute Gasteiger partial charge is 0.389 e. The molecule has 1 aliphatic heterocycles. The van der Waals surface area contributed by atoms with Crippen molar-refractivity contribution in [3.63, 3.8) is 0 Å². The lowest BCUT2D eigenvalue weighted by Gasteiger charge is -2.29. The van der Waals surface area contributed by atoms with Gasteiger partial charge in [0.05, 0.1) is 18.8 Å². The molecule has 0 spiro atoms. The third-order valence-corrected chi connectivity index (χ3v) is 4.32. The molecule has 21 heavy (non-hydrogen) atoms. The predicted octanol–water partition coefficient (Wildman–Crippen LogP) is 2.12. The Kier molecular flexibility index (Phi) is 9.49. The molecule has 1 heterocycles. The van der Waals surface area contributed by atoms with Gasteiger partial charge in [-0.1, -0.05) is 13.8 Å². The van der Waals surface area contributed by atoms with Gasteiger partial charge >= 0.3 is 0 Å². The Labute approximate surface area is 131 Å². The lowest BCUT2D eigenvalue weighted by molar-refractivity contribution is -0.00853. The first-order chi connectivity index (χ1) is 9.97. The van der Waals surface area contributed by atoms with E-state index in [1.54, 1.807) is 0 Å². The third kappa shape index (κ3) is 9.46. The zero-order chi connectivity index (χ0) is 15.7. The number of aliphatic hydroxyl groups is 1. The summed E-state index contributed by atoms with van der Waals surface area (Å²) in [6.45, 7) is 11.0. The van der Waals surface area contributed by atoms with Crippen LogP contribution in [-0.2, 0) is 4.74 Å². The smallest absolute Gasteiger partial charge is 0.0897 e. The third-order valence-electron chi connectivity index (χ3n) is 4.32. The van der Waals surface area contributed by atoms with Gasteiger partial charge in [-0.25, -0.2) is 0 Å². The number of hydrogen-bond donors (Lipinski definition) is 2. The predicted molar refractivity (Wildman–Crippen MR) is 88.6 cm³/mol. The minimum absolute atomic E-state index is 0.235. The molecule has 0 radical (unpaired) electrons. The number of nitrogens with zero attached hydrogens (tertiary/aromatic N) is 1. The molecule has 4 nitrogen and oxygen atoms in total. The van der Waals surface area contributed by atoms with Gasteiger partial charge in [0, 0.05) is 6.54 Å². The van der Waals surface area contributed by atoms with E-state index in [0.717, 1.165) is 18.9 Å². The molecule has 1 fully saturated rings. The number of hydrogen-bond acceptors (Lipinski definition) is 4. The maximum Gasteiger partial charge on any atom is 0.0897 e. The van der Waals surface area contributed by atoms with E-state index in [2.05, 4.69) is 38.0 Å². The van der Waals surface area contributed by atoms with Gasteiger partial charge in [0.15, 0.2) is 0 Å². The summed E-state index contributed by atoms with van der Waals surface area (Å²) in [6.07, 6.45) is 4.75. The van der Waals surface area contributed by atoms with Crippen molar-refractivity contribution in [1.82, 2.24) is 10.2 Å². The quantitative estimate of drug-likeness (QED) is 0.607. The minimum atomic E-state index is -0.392. The normalized spacial score (nSPS) is 20.9. The Morgan fingerprint density at radius 3 is 2.52 bits per heavy atom. The molecule has 0 aromatic carbocycles. The number of ether oxygens (including phenoxy) is 1. The molecule has 2 atom stereocenters. The van der Waals surface area contributed by atoms with Crippen LogP contribution in [0.1, 0.15) is 46.5 Å². The van der Waals surface area contributed by atoms with Crippen molar-refractivity contribution in [3.8, 4) is 0 Å². The molecule has 0 aliphatic carbocycles.